The number of hydrogen-bond acceptors (Lipinski definition) is 4. The van der Waals surface area contributed by atoms with Crippen molar-refractivity contribution in [2.45, 2.75) is 19.8 Å². The van der Waals surface area contributed by atoms with Crippen LogP contribution in [0.1, 0.15) is 39.6 Å². The molecule has 5 nitrogen and oxygen atoms in total. The number of carbonyl (C=O) groups excluding carboxylic acids is 2. The maximum absolute atomic E-state index is 13.0. The second-order valence-corrected chi connectivity index (χ2v) is 6.03. The first-order chi connectivity index (χ1) is 12.0. The van der Waals surface area contributed by atoms with Crippen molar-refractivity contribution < 1.29 is 19.1 Å². The molecule has 25 heavy (non-hydrogen) atoms. The maximum Gasteiger partial charge on any atom is 0.258 e. The number of anilines is 1. The molecule has 2 aromatic carbocycles. The van der Waals surface area contributed by atoms with E-state index in [2.05, 4.69) is 0 Å². The number of Topliss-reactive ketones (excluding diaryl/α,β-unsaturated/α-hetero) is 1. The van der Waals surface area contributed by atoms with E-state index in [0.29, 0.717) is 29.2 Å². The van der Waals surface area contributed by atoms with E-state index in [9.17, 15) is 9.59 Å². The van der Waals surface area contributed by atoms with Crippen molar-refractivity contribution in [3.8, 4) is 11.5 Å². The molecule has 0 unspecified atom stereocenters. The SMILES string of the molecule is COc1ccc(C(=O)N2CCCc3cc(C(C)=O)ccc32)cc1OC. The summed E-state index contributed by atoms with van der Waals surface area (Å²) in [7, 11) is 3.11. The fraction of sp³-hybridized carbons (Fsp3) is 0.300. The molecule has 1 amide bonds. The Balaban J connectivity index is 1.96. The van der Waals surface area contributed by atoms with Crippen LogP contribution in [0.3, 0.4) is 0 Å². The highest BCUT2D eigenvalue weighted by molar-refractivity contribution is 6.07. The highest BCUT2D eigenvalue weighted by Gasteiger charge is 2.25. The Hall–Kier alpha value is -2.82. The van der Waals surface area contributed by atoms with E-state index in [1.807, 2.05) is 12.1 Å². The van der Waals surface area contributed by atoms with Crippen LogP contribution in [0, 0.1) is 0 Å². The van der Waals surface area contributed by atoms with Gasteiger partial charge in [0.1, 0.15) is 0 Å². The lowest BCUT2D eigenvalue weighted by molar-refractivity contribution is 0.0983. The molecule has 0 atom stereocenters. The van der Waals surface area contributed by atoms with Gasteiger partial charge in [-0.2, -0.15) is 0 Å². The summed E-state index contributed by atoms with van der Waals surface area (Å²) in [5.74, 6) is 1.06. The van der Waals surface area contributed by atoms with Crippen molar-refractivity contribution in [3.63, 3.8) is 0 Å². The Kier molecular flexibility index (Phi) is 4.74. The maximum atomic E-state index is 13.0. The van der Waals surface area contributed by atoms with Gasteiger partial charge in [0.25, 0.3) is 5.91 Å². The molecule has 5 heteroatoms. The number of methoxy groups -OCH3 is 2. The van der Waals surface area contributed by atoms with E-state index < -0.39 is 0 Å². The van der Waals surface area contributed by atoms with Crippen molar-refractivity contribution in [2.24, 2.45) is 0 Å². The van der Waals surface area contributed by atoms with Gasteiger partial charge in [0.05, 0.1) is 14.2 Å². The van der Waals surface area contributed by atoms with Gasteiger partial charge < -0.3 is 14.4 Å². The Morgan fingerprint density at radius 1 is 0.960 bits per heavy atom. The van der Waals surface area contributed by atoms with Crippen LogP contribution in [-0.2, 0) is 6.42 Å². The van der Waals surface area contributed by atoms with Crippen LogP contribution < -0.4 is 14.4 Å². The second-order valence-electron chi connectivity index (χ2n) is 6.03. The number of ketones is 1. The van der Waals surface area contributed by atoms with Gasteiger partial charge in [-0.15, -0.1) is 0 Å². The summed E-state index contributed by atoms with van der Waals surface area (Å²) in [6.45, 7) is 2.21. The molecule has 130 valence electrons. The van der Waals surface area contributed by atoms with Gasteiger partial charge in [-0.05, 0) is 61.7 Å². The molecule has 0 saturated carbocycles. The predicted octanol–water partition coefficient (Wildman–Crippen LogP) is 3.50. The molecular formula is C20H21NO4. The minimum absolute atomic E-state index is 0.0335. The molecule has 0 aliphatic carbocycles. The number of ether oxygens (including phenoxy) is 2. The van der Waals surface area contributed by atoms with Gasteiger partial charge in [-0.25, -0.2) is 0 Å². The van der Waals surface area contributed by atoms with E-state index in [-0.39, 0.29) is 11.7 Å². The van der Waals surface area contributed by atoms with Crippen LogP contribution in [0.2, 0.25) is 0 Å². The first kappa shape index (κ1) is 17.0. The van der Waals surface area contributed by atoms with Gasteiger partial charge in [-0.3, -0.25) is 9.59 Å². The summed E-state index contributed by atoms with van der Waals surface area (Å²) < 4.78 is 10.5. The Morgan fingerprint density at radius 2 is 1.68 bits per heavy atom. The molecule has 0 N–H and O–H groups in total. The van der Waals surface area contributed by atoms with Crippen LogP contribution in [0.25, 0.3) is 0 Å². The standard InChI is InChI=1S/C20H21NO4/c1-13(22)14-6-8-17-15(11-14)5-4-10-21(17)20(23)16-7-9-18(24-2)19(12-16)25-3/h6-9,11-12H,4-5,10H2,1-3H3. The first-order valence-electron chi connectivity index (χ1n) is 8.23. The monoisotopic (exact) mass is 339 g/mol. The summed E-state index contributed by atoms with van der Waals surface area (Å²) in [6.07, 6.45) is 1.74. The summed E-state index contributed by atoms with van der Waals surface area (Å²) >= 11 is 0. The quantitative estimate of drug-likeness (QED) is 0.800. The number of carbonyl (C=O) groups is 2. The van der Waals surface area contributed by atoms with Gasteiger partial charge >= 0.3 is 0 Å². The third-order valence-corrected chi connectivity index (χ3v) is 4.48. The highest BCUT2D eigenvalue weighted by atomic mass is 16.5. The number of amides is 1. The lowest BCUT2D eigenvalue weighted by Gasteiger charge is -2.30. The molecule has 0 aromatic heterocycles. The molecule has 3 rings (SSSR count). The van der Waals surface area contributed by atoms with Crippen LogP contribution in [0.4, 0.5) is 5.69 Å². The Labute approximate surface area is 147 Å². The molecule has 0 fully saturated rings. The fourth-order valence-corrected chi connectivity index (χ4v) is 3.15. The first-order valence-corrected chi connectivity index (χ1v) is 8.23. The summed E-state index contributed by atoms with van der Waals surface area (Å²) in [5, 5.41) is 0. The third-order valence-electron chi connectivity index (χ3n) is 4.48. The van der Waals surface area contributed by atoms with Crippen molar-refractivity contribution in [1.29, 1.82) is 0 Å². The average Bonchev–Trinajstić information content (AvgIpc) is 2.65. The van der Waals surface area contributed by atoms with Gasteiger partial charge in [0.2, 0.25) is 0 Å². The van der Waals surface area contributed by atoms with E-state index in [1.165, 1.54) is 0 Å². The molecule has 1 aliphatic rings. The van der Waals surface area contributed by atoms with Gasteiger partial charge in [0.15, 0.2) is 17.3 Å². The number of aryl methyl sites for hydroxylation is 1. The normalized spacial score (nSPS) is 13.2. The zero-order valence-corrected chi connectivity index (χ0v) is 14.7. The van der Waals surface area contributed by atoms with E-state index in [4.69, 9.17) is 9.47 Å². The van der Waals surface area contributed by atoms with E-state index in [1.54, 1.807) is 50.3 Å². The van der Waals surface area contributed by atoms with Crippen molar-refractivity contribution in [1.82, 2.24) is 0 Å². The summed E-state index contributed by atoms with van der Waals surface area (Å²) in [6, 6.07) is 10.7. The average molecular weight is 339 g/mol. The zero-order valence-electron chi connectivity index (χ0n) is 14.7. The lowest BCUT2D eigenvalue weighted by Crippen LogP contribution is -2.35. The summed E-state index contributed by atoms with van der Waals surface area (Å²) in [4.78, 5) is 26.4. The van der Waals surface area contributed by atoms with E-state index >= 15 is 0 Å². The number of hydrogen-bond donors (Lipinski definition) is 0. The number of benzene rings is 2. The van der Waals surface area contributed by atoms with Crippen molar-refractivity contribution in [2.75, 3.05) is 25.7 Å². The Bertz CT molecular complexity index is 828. The molecule has 0 bridgehead atoms. The Morgan fingerprint density at radius 3 is 2.36 bits per heavy atom. The molecule has 2 aromatic rings. The summed E-state index contributed by atoms with van der Waals surface area (Å²) in [5.41, 5.74) is 3.13. The lowest BCUT2D eigenvalue weighted by atomic mass is 9.97. The van der Waals surface area contributed by atoms with Crippen LogP contribution >= 0.6 is 0 Å². The van der Waals surface area contributed by atoms with Crippen LogP contribution in [0.15, 0.2) is 36.4 Å². The van der Waals surface area contributed by atoms with E-state index in [0.717, 1.165) is 24.1 Å². The topological polar surface area (TPSA) is 55.8 Å². The highest BCUT2D eigenvalue weighted by Crippen LogP contribution is 2.32. The largest absolute Gasteiger partial charge is 0.493 e. The van der Waals surface area contributed by atoms with Gasteiger partial charge in [-0.1, -0.05) is 0 Å². The number of nitrogens with zero attached hydrogens (tertiary/aromatic N) is 1. The second kappa shape index (κ2) is 6.97. The minimum atomic E-state index is -0.0857. The smallest absolute Gasteiger partial charge is 0.258 e. The molecule has 1 aliphatic heterocycles. The van der Waals surface area contributed by atoms with Crippen molar-refractivity contribution >= 4 is 17.4 Å². The molecular weight excluding hydrogens is 318 g/mol. The molecule has 0 radical (unpaired) electrons. The number of fused-ring (bicyclic) bond motifs is 1. The predicted molar refractivity (Wildman–Crippen MR) is 96.0 cm³/mol. The third kappa shape index (κ3) is 3.22. The minimum Gasteiger partial charge on any atom is -0.493 e. The number of rotatable bonds is 4. The van der Waals surface area contributed by atoms with Crippen LogP contribution in [-0.4, -0.2) is 32.5 Å². The van der Waals surface area contributed by atoms with Crippen LogP contribution in [0.5, 0.6) is 11.5 Å². The zero-order chi connectivity index (χ0) is 18.0. The molecule has 1 heterocycles. The van der Waals surface area contributed by atoms with Gasteiger partial charge in [0, 0.05) is 23.4 Å². The molecule has 0 saturated heterocycles. The molecule has 0 spiro atoms. The van der Waals surface area contributed by atoms with Crippen molar-refractivity contribution in [3.05, 3.63) is 53.1 Å². The fourth-order valence-electron chi connectivity index (χ4n) is 3.15.